The number of rotatable bonds is 12. The van der Waals surface area contributed by atoms with Crippen molar-refractivity contribution in [2.75, 3.05) is 33.3 Å². The molecule has 1 aliphatic heterocycles. The molecule has 6 nitrogen and oxygen atoms in total. The molecule has 0 N–H and O–H groups in total. The molecule has 0 unspecified atom stereocenters. The SMILES string of the molecule is CN(Cc1ccc(-c2ccc(C(F)(F)F)cc2)cc1)C(=O)Cn1c(CCc2cccc(F)c2F)cc(=O)c2ccc(OCCN3CCCCC3)cc21. The van der Waals surface area contributed by atoms with E-state index >= 15 is 0 Å². The van der Waals surface area contributed by atoms with E-state index in [4.69, 9.17) is 4.74 Å². The highest BCUT2D eigenvalue weighted by atomic mass is 19.4. The minimum absolute atomic E-state index is 0.107. The number of piperidine rings is 1. The van der Waals surface area contributed by atoms with Gasteiger partial charge in [0, 0.05) is 43.4 Å². The van der Waals surface area contributed by atoms with E-state index in [0.717, 1.165) is 49.0 Å². The monoisotopic (exact) mass is 717 g/mol. The van der Waals surface area contributed by atoms with Crippen molar-refractivity contribution < 1.29 is 31.5 Å². The number of amides is 1. The second kappa shape index (κ2) is 16.1. The molecule has 5 aromatic rings. The van der Waals surface area contributed by atoms with Crippen LogP contribution in [-0.2, 0) is 36.9 Å². The second-order valence-corrected chi connectivity index (χ2v) is 13.3. The number of hydrogen-bond donors (Lipinski definition) is 0. The van der Waals surface area contributed by atoms with Crippen LogP contribution in [0, 0.1) is 11.6 Å². The minimum Gasteiger partial charge on any atom is -0.492 e. The number of ether oxygens (including phenoxy) is 1. The number of nitrogens with zero attached hydrogens (tertiary/aromatic N) is 3. The number of hydrogen-bond acceptors (Lipinski definition) is 4. The van der Waals surface area contributed by atoms with Gasteiger partial charge in [-0.1, -0.05) is 55.0 Å². The summed E-state index contributed by atoms with van der Waals surface area (Å²) in [6.45, 7) is 3.43. The highest BCUT2D eigenvalue weighted by Crippen LogP contribution is 2.31. The Hall–Kier alpha value is -5.03. The van der Waals surface area contributed by atoms with Gasteiger partial charge in [0.2, 0.25) is 5.91 Å². The van der Waals surface area contributed by atoms with Gasteiger partial charge in [0.15, 0.2) is 17.1 Å². The zero-order valence-corrected chi connectivity index (χ0v) is 28.9. The molecule has 6 rings (SSSR count). The minimum atomic E-state index is -4.41. The summed E-state index contributed by atoms with van der Waals surface area (Å²) < 4.78 is 75.4. The summed E-state index contributed by atoms with van der Waals surface area (Å²) in [5, 5.41) is 0.401. The van der Waals surface area contributed by atoms with Crippen LogP contribution in [0.2, 0.25) is 0 Å². The Morgan fingerprint density at radius 3 is 2.23 bits per heavy atom. The largest absolute Gasteiger partial charge is 0.492 e. The van der Waals surface area contributed by atoms with Crippen LogP contribution < -0.4 is 10.2 Å². The fourth-order valence-electron chi connectivity index (χ4n) is 6.64. The Morgan fingerprint density at radius 1 is 0.846 bits per heavy atom. The molecule has 2 heterocycles. The average molecular weight is 718 g/mol. The van der Waals surface area contributed by atoms with Gasteiger partial charge in [0.1, 0.15) is 18.9 Å². The van der Waals surface area contributed by atoms with E-state index in [1.807, 2.05) is 12.1 Å². The zero-order valence-electron chi connectivity index (χ0n) is 28.9. The van der Waals surface area contributed by atoms with Crippen LogP contribution in [0.3, 0.4) is 0 Å². The summed E-state index contributed by atoms with van der Waals surface area (Å²) >= 11 is 0. The molecule has 1 fully saturated rings. The van der Waals surface area contributed by atoms with Crippen molar-refractivity contribution in [3.63, 3.8) is 0 Å². The molecule has 1 aromatic heterocycles. The number of aromatic nitrogens is 1. The maximum Gasteiger partial charge on any atom is 0.416 e. The van der Waals surface area contributed by atoms with Gasteiger partial charge in [-0.25, -0.2) is 8.78 Å². The van der Waals surface area contributed by atoms with Crippen LogP contribution in [0.25, 0.3) is 22.0 Å². The van der Waals surface area contributed by atoms with Gasteiger partial charge in [-0.05, 0) is 91.4 Å². The molecule has 1 amide bonds. The van der Waals surface area contributed by atoms with Crippen molar-refractivity contribution in [3.05, 3.63) is 135 Å². The number of pyridine rings is 1. The second-order valence-electron chi connectivity index (χ2n) is 13.3. The van der Waals surface area contributed by atoms with Crippen LogP contribution in [-0.4, -0.2) is 53.6 Å². The van der Waals surface area contributed by atoms with Crippen molar-refractivity contribution in [2.45, 2.75) is 51.4 Å². The third-order valence-corrected chi connectivity index (χ3v) is 9.62. The highest BCUT2D eigenvalue weighted by Gasteiger charge is 2.30. The maximum atomic E-state index is 14.6. The third kappa shape index (κ3) is 8.88. The number of likely N-dealkylation sites (N-methyl/N-ethyl adjacent to an activating group) is 1. The van der Waals surface area contributed by atoms with E-state index in [2.05, 4.69) is 4.90 Å². The molecule has 1 saturated heterocycles. The number of carbonyl (C=O) groups excluding carboxylic acids is 1. The van der Waals surface area contributed by atoms with Gasteiger partial charge in [-0.15, -0.1) is 0 Å². The fraction of sp³-hybridized carbons (Fsp3) is 0.317. The summed E-state index contributed by atoms with van der Waals surface area (Å²) in [5.74, 6) is -1.60. The molecule has 0 aliphatic carbocycles. The molecule has 0 atom stereocenters. The smallest absolute Gasteiger partial charge is 0.416 e. The number of aryl methyl sites for hydroxylation is 2. The molecule has 0 radical (unpaired) electrons. The van der Waals surface area contributed by atoms with Crippen LogP contribution >= 0.6 is 0 Å². The first-order valence-electron chi connectivity index (χ1n) is 17.4. The predicted octanol–water partition coefficient (Wildman–Crippen LogP) is 8.27. The van der Waals surface area contributed by atoms with Crippen molar-refractivity contribution in [1.82, 2.24) is 14.4 Å². The lowest BCUT2D eigenvalue weighted by Crippen LogP contribution is -2.33. The quantitative estimate of drug-likeness (QED) is 0.122. The predicted molar refractivity (Wildman–Crippen MR) is 191 cm³/mol. The van der Waals surface area contributed by atoms with E-state index in [1.165, 1.54) is 49.6 Å². The van der Waals surface area contributed by atoms with Crippen LogP contribution in [0.4, 0.5) is 22.0 Å². The Balaban J connectivity index is 1.22. The summed E-state index contributed by atoms with van der Waals surface area (Å²) in [4.78, 5) is 31.0. The number of fused-ring (bicyclic) bond motifs is 1. The van der Waals surface area contributed by atoms with Crippen LogP contribution in [0.5, 0.6) is 5.75 Å². The van der Waals surface area contributed by atoms with E-state index in [0.29, 0.717) is 34.5 Å². The summed E-state index contributed by atoms with van der Waals surface area (Å²) in [7, 11) is 1.66. The first-order chi connectivity index (χ1) is 25.0. The molecule has 52 heavy (non-hydrogen) atoms. The lowest BCUT2D eigenvalue weighted by molar-refractivity contribution is -0.137. The molecule has 0 saturated carbocycles. The molecular weight excluding hydrogens is 677 g/mol. The van der Waals surface area contributed by atoms with Gasteiger partial charge >= 0.3 is 6.18 Å². The van der Waals surface area contributed by atoms with Crippen LogP contribution in [0.15, 0.2) is 95.8 Å². The molecule has 272 valence electrons. The maximum absolute atomic E-state index is 14.6. The Bertz CT molecular complexity index is 2070. The van der Waals surface area contributed by atoms with E-state index in [9.17, 15) is 31.5 Å². The number of halogens is 5. The Morgan fingerprint density at radius 2 is 1.54 bits per heavy atom. The topological polar surface area (TPSA) is 54.8 Å². The first-order valence-corrected chi connectivity index (χ1v) is 17.4. The zero-order chi connectivity index (χ0) is 36.8. The van der Waals surface area contributed by atoms with Crippen molar-refractivity contribution in [3.8, 4) is 16.9 Å². The summed E-state index contributed by atoms with van der Waals surface area (Å²) in [6.07, 6.45) is -0.560. The Kier molecular flexibility index (Phi) is 11.4. The van der Waals surface area contributed by atoms with E-state index < -0.39 is 23.4 Å². The fourth-order valence-corrected chi connectivity index (χ4v) is 6.64. The van der Waals surface area contributed by atoms with Gasteiger partial charge < -0.3 is 14.2 Å². The van der Waals surface area contributed by atoms with Gasteiger partial charge in [0.25, 0.3) is 0 Å². The molecule has 0 spiro atoms. The number of alkyl halides is 3. The summed E-state index contributed by atoms with van der Waals surface area (Å²) in [6, 6.07) is 22.8. The molecular formula is C41H40F5N3O3. The van der Waals surface area contributed by atoms with Gasteiger partial charge in [-0.2, -0.15) is 13.2 Å². The normalized spacial score (nSPS) is 13.7. The first kappa shape index (κ1) is 36.8. The van der Waals surface area contributed by atoms with Crippen molar-refractivity contribution in [2.24, 2.45) is 0 Å². The molecule has 4 aromatic carbocycles. The van der Waals surface area contributed by atoms with Gasteiger partial charge in [0.05, 0.1) is 11.1 Å². The van der Waals surface area contributed by atoms with Crippen molar-refractivity contribution >= 4 is 16.8 Å². The third-order valence-electron chi connectivity index (χ3n) is 9.62. The number of carbonyl (C=O) groups is 1. The van der Waals surface area contributed by atoms with E-state index in [1.54, 1.807) is 46.8 Å². The Labute approximate surface area is 299 Å². The molecule has 0 bridgehead atoms. The number of benzene rings is 4. The summed E-state index contributed by atoms with van der Waals surface area (Å²) in [5.41, 5.74) is 2.36. The molecule has 1 aliphatic rings. The van der Waals surface area contributed by atoms with E-state index in [-0.39, 0.29) is 42.8 Å². The van der Waals surface area contributed by atoms with Crippen molar-refractivity contribution in [1.29, 1.82) is 0 Å². The van der Waals surface area contributed by atoms with Crippen LogP contribution in [0.1, 0.15) is 41.6 Å². The molecule has 11 heteroatoms. The lowest BCUT2D eigenvalue weighted by atomic mass is 10.0. The lowest BCUT2D eigenvalue weighted by Gasteiger charge is -2.26. The highest BCUT2D eigenvalue weighted by molar-refractivity contribution is 5.84. The average Bonchev–Trinajstić information content (AvgIpc) is 3.14. The standard InChI is InChI=1S/C41H40F5N3O3/c1-47(26-28-8-10-29(11-9-28)30-12-15-32(16-13-30)41(44,45)46)39(51)27-49-33(17-14-31-6-5-7-36(42)40(31)43)24-38(50)35-19-18-34(25-37(35)49)52-23-22-48-20-3-2-4-21-48/h5-13,15-16,18-19,24-25H,2-4,14,17,20-23,26-27H2,1H3. The van der Waals surface area contributed by atoms with Gasteiger partial charge in [-0.3, -0.25) is 14.5 Å². The number of likely N-dealkylation sites (tertiary alicyclic amines) is 1.